The maximum atomic E-state index is 5.38. The van der Waals surface area contributed by atoms with Gasteiger partial charge in [0.1, 0.15) is 0 Å². The Morgan fingerprint density at radius 3 is 3.21 bits per heavy atom. The van der Waals surface area contributed by atoms with Crippen molar-refractivity contribution in [2.75, 3.05) is 6.54 Å². The average molecular weight is 258 g/mol. The molecule has 2 aromatic heterocycles. The van der Waals surface area contributed by atoms with Crippen molar-refractivity contribution >= 4 is 0 Å². The molecule has 0 radical (unpaired) electrons. The largest absolute Gasteiger partial charge is 0.338 e. The first kappa shape index (κ1) is 12.3. The average Bonchev–Trinajstić information content (AvgIpc) is 2.88. The maximum absolute atomic E-state index is 5.38. The lowest BCUT2D eigenvalue weighted by Gasteiger charge is -2.25. The van der Waals surface area contributed by atoms with Crippen LogP contribution in [0.1, 0.15) is 43.1 Å². The van der Waals surface area contributed by atoms with Gasteiger partial charge in [-0.05, 0) is 36.9 Å². The molecule has 1 fully saturated rings. The third-order valence-electron chi connectivity index (χ3n) is 3.53. The highest BCUT2D eigenvalue weighted by Gasteiger charge is 2.24. The van der Waals surface area contributed by atoms with Crippen molar-refractivity contribution < 1.29 is 4.52 Å². The van der Waals surface area contributed by atoms with Crippen molar-refractivity contribution in [1.29, 1.82) is 0 Å². The Labute approximate surface area is 112 Å². The van der Waals surface area contributed by atoms with Gasteiger partial charge < -0.3 is 9.84 Å². The molecule has 0 bridgehead atoms. The Bertz CT molecular complexity index is 525. The predicted octanol–water partition coefficient (Wildman–Crippen LogP) is 2.12. The number of aromatic nitrogens is 3. The van der Waals surface area contributed by atoms with Crippen LogP contribution in [-0.2, 0) is 6.42 Å². The van der Waals surface area contributed by atoms with Crippen LogP contribution in [0.5, 0.6) is 0 Å². The molecule has 0 spiro atoms. The fraction of sp³-hybridized carbons (Fsp3) is 0.500. The topological polar surface area (TPSA) is 63.8 Å². The second-order valence-corrected chi connectivity index (χ2v) is 5.22. The molecule has 0 saturated carbocycles. The molecule has 1 aliphatic rings. The van der Waals surface area contributed by atoms with Crippen molar-refractivity contribution in [2.45, 2.75) is 32.2 Å². The van der Waals surface area contributed by atoms with Crippen molar-refractivity contribution in [3.05, 3.63) is 41.8 Å². The molecule has 0 amide bonds. The number of piperidine rings is 1. The molecule has 2 atom stereocenters. The maximum Gasteiger partial charge on any atom is 0.243 e. The number of hydrogen-bond donors (Lipinski definition) is 1. The zero-order valence-corrected chi connectivity index (χ0v) is 11.0. The number of nitrogens with zero attached hydrogens (tertiary/aromatic N) is 3. The van der Waals surface area contributed by atoms with Crippen LogP contribution in [0.3, 0.4) is 0 Å². The van der Waals surface area contributed by atoms with Crippen LogP contribution in [0.15, 0.2) is 29.0 Å². The van der Waals surface area contributed by atoms with E-state index in [2.05, 4.69) is 27.4 Å². The van der Waals surface area contributed by atoms with E-state index in [1.165, 1.54) is 6.42 Å². The van der Waals surface area contributed by atoms with Gasteiger partial charge in [0, 0.05) is 18.8 Å². The first-order chi connectivity index (χ1) is 9.31. The summed E-state index contributed by atoms with van der Waals surface area (Å²) >= 11 is 0. The van der Waals surface area contributed by atoms with Gasteiger partial charge in [-0.25, -0.2) is 0 Å². The summed E-state index contributed by atoms with van der Waals surface area (Å²) in [6, 6.07) is 4.14. The Kier molecular flexibility index (Phi) is 3.55. The van der Waals surface area contributed by atoms with E-state index in [9.17, 15) is 0 Å². The second kappa shape index (κ2) is 5.48. The van der Waals surface area contributed by atoms with Crippen LogP contribution >= 0.6 is 0 Å². The molecule has 0 aliphatic carbocycles. The van der Waals surface area contributed by atoms with Gasteiger partial charge in [-0.1, -0.05) is 18.1 Å². The number of nitrogens with one attached hydrogen (secondary N) is 1. The first-order valence-electron chi connectivity index (χ1n) is 6.76. The van der Waals surface area contributed by atoms with Gasteiger partial charge in [-0.15, -0.1) is 0 Å². The van der Waals surface area contributed by atoms with Crippen LogP contribution in [-0.4, -0.2) is 21.7 Å². The zero-order valence-electron chi connectivity index (χ0n) is 11.0. The number of pyridine rings is 1. The Morgan fingerprint density at radius 2 is 2.42 bits per heavy atom. The van der Waals surface area contributed by atoms with Crippen molar-refractivity contribution in [3.63, 3.8) is 0 Å². The van der Waals surface area contributed by atoms with Crippen molar-refractivity contribution in [2.24, 2.45) is 5.92 Å². The molecule has 2 unspecified atom stereocenters. The summed E-state index contributed by atoms with van der Waals surface area (Å²) < 4.78 is 5.38. The molecular formula is C14H18N4O. The van der Waals surface area contributed by atoms with Crippen LogP contribution in [0.25, 0.3) is 0 Å². The third kappa shape index (κ3) is 2.98. The summed E-state index contributed by atoms with van der Waals surface area (Å²) in [6.45, 7) is 3.28. The Morgan fingerprint density at radius 1 is 1.47 bits per heavy atom. The molecule has 5 nitrogen and oxygen atoms in total. The van der Waals surface area contributed by atoms with Crippen LogP contribution < -0.4 is 5.32 Å². The Hall–Kier alpha value is -1.75. The van der Waals surface area contributed by atoms with Gasteiger partial charge in [0.05, 0.1) is 6.04 Å². The van der Waals surface area contributed by atoms with E-state index in [4.69, 9.17) is 4.52 Å². The molecule has 0 aromatic carbocycles. The van der Waals surface area contributed by atoms with E-state index in [1.807, 2.05) is 18.3 Å². The minimum atomic E-state index is 0.207. The van der Waals surface area contributed by atoms with E-state index in [1.54, 1.807) is 6.20 Å². The normalized spacial score (nSPS) is 23.4. The molecule has 100 valence electrons. The number of rotatable bonds is 3. The molecule has 5 heteroatoms. The minimum absolute atomic E-state index is 0.207. The predicted molar refractivity (Wildman–Crippen MR) is 70.5 cm³/mol. The lowest BCUT2D eigenvalue weighted by atomic mass is 9.94. The molecule has 1 aliphatic heterocycles. The van der Waals surface area contributed by atoms with Gasteiger partial charge in [-0.2, -0.15) is 4.98 Å². The van der Waals surface area contributed by atoms with Crippen molar-refractivity contribution in [1.82, 2.24) is 20.4 Å². The molecule has 1 saturated heterocycles. The highest BCUT2D eigenvalue weighted by Crippen LogP contribution is 2.25. The van der Waals surface area contributed by atoms with E-state index in [0.29, 0.717) is 18.2 Å². The molecule has 3 heterocycles. The van der Waals surface area contributed by atoms with Gasteiger partial charge in [0.25, 0.3) is 0 Å². The summed E-state index contributed by atoms with van der Waals surface area (Å²) in [6.07, 6.45) is 6.54. The first-order valence-corrected chi connectivity index (χ1v) is 6.76. The third-order valence-corrected chi connectivity index (χ3v) is 3.53. The lowest BCUT2D eigenvalue weighted by molar-refractivity contribution is 0.259. The van der Waals surface area contributed by atoms with Gasteiger partial charge in [0.2, 0.25) is 5.89 Å². The molecular weight excluding hydrogens is 240 g/mol. The molecule has 2 aromatic rings. The quantitative estimate of drug-likeness (QED) is 0.913. The number of hydrogen-bond acceptors (Lipinski definition) is 5. The molecule has 19 heavy (non-hydrogen) atoms. The zero-order chi connectivity index (χ0) is 13.1. The van der Waals surface area contributed by atoms with Crippen LogP contribution in [0, 0.1) is 5.92 Å². The second-order valence-electron chi connectivity index (χ2n) is 5.22. The monoisotopic (exact) mass is 258 g/mol. The summed E-state index contributed by atoms with van der Waals surface area (Å²) in [5.41, 5.74) is 1.10. The van der Waals surface area contributed by atoms with Gasteiger partial charge in [0.15, 0.2) is 5.82 Å². The summed E-state index contributed by atoms with van der Waals surface area (Å²) in [5.74, 6) is 2.15. The standard InChI is InChI=1S/C14H18N4O/c1-10-4-6-16-12(7-10)14-17-13(18-19-14)8-11-3-2-5-15-9-11/h2-3,5,9-10,12,16H,4,6-8H2,1H3. The molecule has 1 N–H and O–H groups in total. The van der Waals surface area contributed by atoms with Gasteiger partial charge in [-0.3, -0.25) is 4.98 Å². The fourth-order valence-corrected chi connectivity index (χ4v) is 2.46. The summed E-state index contributed by atoms with van der Waals surface area (Å²) in [7, 11) is 0. The van der Waals surface area contributed by atoms with E-state index in [-0.39, 0.29) is 6.04 Å². The highest BCUT2D eigenvalue weighted by molar-refractivity contribution is 5.14. The van der Waals surface area contributed by atoms with Gasteiger partial charge >= 0.3 is 0 Å². The molecule has 3 rings (SSSR count). The van der Waals surface area contributed by atoms with Crippen molar-refractivity contribution in [3.8, 4) is 0 Å². The smallest absolute Gasteiger partial charge is 0.243 e. The SMILES string of the molecule is CC1CCNC(c2nc(Cc3cccnc3)no2)C1. The van der Waals surface area contributed by atoms with E-state index >= 15 is 0 Å². The van der Waals surface area contributed by atoms with E-state index in [0.717, 1.165) is 24.4 Å². The van der Waals surface area contributed by atoms with Crippen LogP contribution in [0.2, 0.25) is 0 Å². The summed E-state index contributed by atoms with van der Waals surface area (Å²) in [4.78, 5) is 8.58. The Balaban J connectivity index is 1.69. The van der Waals surface area contributed by atoms with Crippen LogP contribution in [0.4, 0.5) is 0 Å². The highest BCUT2D eigenvalue weighted by atomic mass is 16.5. The van der Waals surface area contributed by atoms with E-state index < -0.39 is 0 Å². The lowest BCUT2D eigenvalue weighted by Crippen LogP contribution is -2.30. The minimum Gasteiger partial charge on any atom is -0.338 e. The summed E-state index contributed by atoms with van der Waals surface area (Å²) in [5, 5.41) is 7.49. The fourth-order valence-electron chi connectivity index (χ4n) is 2.46.